The summed E-state index contributed by atoms with van der Waals surface area (Å²) in [6.45, 7) is 10.8. The van der Waals surface area contributed by atoms with Gasteiger partial charge in [0.25, 0.3) is 0 Å². The van der Waals surface area contributed by atoms with Crippen molar-refractivity contribution in [2.45, 2.75) is 59.9 Å². The highest BCUT2D eigenvalue weighted by Crippen LogP contribution is 2.38. The lowest BCUT2D eigenvalue weighted by Gasteiger charge is -2.36. The van der Waals surface area contributed by atoms with Crippen LogP contribution in [0.1, 0.15) is 53.9 Å². The Hall–Kier alpha value is -1.06. The molecule has 4 nitrogen and oxygen atoms in total. The van der Waals surface area contributed by atoms with Crippen molar-refractivity contribution < 1.29 is 9.59 Å². The van der Waals surface area contributed by atoms with Gasteiger partial charge in [0.1, 0.15) is 6.04 Å². The van der Waals surface area contributed by atoms with E-state index in [1.165, 1.54) is 6.42 Å². The van der Waals surface area contributed by atoms with E-state index < -0.39 is 6.04 Å². The van der Waals surface area contributed by atoms with Crippen molar-refractivity contribution in [1.82, 2.24) is 10.6 Å². The highest BCUT2D eigenvalue weighted by Gasteiger charge is 2.36. The van der Waals surface area contributed by atoms with E-state index in [4.69, 9.17) is 0 Å². The molecule has 0 aromatic rings. The summed E-state index contributed by atoms with van der Waals surface area (Å²) in [5.41, 5.74) is 0. The highest BCUT2D eigenvalue weighted by molar-refractivity contribution is 5.88. The van der Waals surface area contributed by atoms with Gasteiger partial charge in [-0.15, -0.1) is 0 Å². The van der Waals surface area contributed by atoms with E-state index in [-0.39, 0.29) is 17.7 Å². The second kappa shape index (κ2) is 7.65. The summed E-state index contributed by atoms with van der Waals surface area (Å²) in [5.74, 6) is 1.54. The van der Waals surface area contributed by atoms with Gasteiger partial charge in [-0.3, -0.25) is 9.59 Å². The van der Waals surface area contributed by atoms with Gasteiger partial charge in [-0.05, 0) is 44.4 Å². The Balaban J connectivity index is 2.65. The van der Waals surface area contributed by atoms with Crippen LogP contribution >= 0.6 is 0 Å². The normalized spacial score (nSPS) is 28.0. The topological polar surface area (TPSA) is 58.2 Å². The molecule has 4 atom stereocenters. The molecule has 0 aromatic carbocycles. The summed E-state index contributed by atoms with van der Waals surface area (Å²) in [6.07, 6.45) is 3.27. The molecular formula is C16H30N2O2. The van der Waals surface area contributed by atoms with Crippen molar-refractivity contribution in [2.75, 3.05) is 6.54 Å². The molecule has 0 aliphatic heterocycles. The minimum Gasteiger partial charge on any atom is -0.355 e. The Labute approximate surface area is 123 Å². The number of nitrogens with one attached hydrogen (secondary N) is 2. The lowest BCUT2D eigenvalue weighted by molar-refractivity contribution is -0.133. The Kier molecular flexibility index (Phi) is 6.50. The van der Waals surface area contributed by atoms with Crippen molar-refractivity contribution in [1.29, 1.82) is 0 Å². The standard InChI is InChI=1S/C16H30N2O2/c1-6-17-15(19)12(5)18-16(20)14-9-11(4)7-8-13(14)10(2)3/h10-14H,6-9H2,1-5H3,(H,17,19)(H,18,20)/t11-,12+,13+,14-/m1/s1. The van der Waals surface area contributed by atoms with Crippen LogP contribution in [0.5, 0.6) is 0 Å². The van der Waals surface area contributed by atoms with Crippen LogP contribution in [0.25, 0.3) is 0 Å². The molecule has 1 aliphatic carbocycles. The van der Waals surface area contributed by atoms with Crippen LogP contribution in [0.15, 0.2) is 0 Å². The molecule has 0 bridgehead atoms. The van der Waals surface area contributed by atoms with Crippen LogP contribution < -0.4 is 10.6 Å². The molecule has 116 valence electrons. The molecule has 1 aliphatic rings. The van der Waals surface area contributed by atoms with Gasteiger partial charge in [-0.2, -0.15) is 0 Å². The molecule has 1 fully saturated rings. The third kappa shape index (κ3) is 4.50. The zero-order chi connectivity index (χ0) is 15.3. The number of carbonyl (C=O) groups is 2. The van der Waals surface area contributed by atoms with Crippen LogP contribution in [0.2, 0.25) is 0 Å². The van der Waals surface area contributed by atoms with Crippen molar-refractivity contribution in [3.05, 3.63) is 0 Å². The SMILES string of the molecule is CCNC(=O)[C@H](C)NC(=O)[C@@H]1C[C@H](C)CC[C@H]1C(C)C. The van der Waals surface area contributed by atoms with Crippen LogP contribution in [0, 0.1) is 23.7 Å². The zero-order valence-corrected chi connectivity index (χ0v) is 13.5. The first-order valence-corrected chi connectivity index (χ1v) is 7.94. The van der Waals surface area contributed by atoms with E-state index >= 15 is 0 Å². The maximum atomic E-state index is 12.5. The summed E-state index contributed by atoms with van der Waals surface area (Å²) in [7, 11) is 0. The van der Waals surface area contributed by atoms with Crippen molar-refractivity contribution in [2.24, 2.45) is 23.7 Å². The molecule has 0 spiro atoms. The van der Waals surface area contributed by atoms with Gasteiger partial charge in [0.15, 0.2) is 0 Å². The molecule has 0 aromatic heterocycles. The smallest absolute Gasteiger partial charge is 0.242 e. The first kappa shape index (κ1) is 17.0. The fraction of sp³-hybridized carbons (Fsp3) is 0.875. The van der Waals surface area contributed by atoms with Gasteiger partial charge in [-0.25, -0.2) is 0 Å². The molecule has 20 heavy (non-hydrogen) atoms. The third-order valence-electron chi connectivity index (χ3n) is 4.46. The van der Waals surface area contributed by atoms with Gasteiger partial charge in [0.05, 0.1) is 0 Å². The summed E-state index contributed by atoms with van der Waals surface area (Å²) >= 11 is 0. The number of likely N-dealkylation sites (N-methyl/N-ethyl adjacent to an activating group) is 1. The number of hydrogen-bond donors (Lipinski definition) is 2. The summed E-state index contributed by atoms with van der Waals surface area (Å²) < 4.78 is 0. The number of amides is 2. The molecule has 0 saturated heterocycles. The highest BCUT2D eigenvalue weighted by atomic mass is 16.2. The van der Waals surface area contributed by atoms with E-state index in [2.05, 4.69) is 31.4 Å². The fourth-order valence-corrected chi connectivity index (χ4v) is 3.22. The molecule has 4 heteroatoms. The number of rotatable bonds is 5. The minimum absolute atomic E-state index is 0.0500. The minimum atomic E-state index is -0.451. The number of carbonyl (C=O) groups excluding carboxylic acids is 2. The van der Waals surface area contributed by atoms with Gasteiger partial charge in [0.2, 0.25) is 11.8 Å². The van der Waals surface area contributed by atoms with Gasteiger partial charge >= 0.3 is 0 Å². The summed E-state index contributed by atoms with van der Waals surface area (Å²) in [4.78, 5) is 24.2. The lowest BCUT2D eigenvalue weighted by atomic mass is 9.69. The van der Waals surface area contributed by atoms with Crippen LogP contribution in [-0.4, -0.2) is 24.4 Å². The van der Waals surface area contributed by atoms with E-state index in [9.17, 15) is 9.59 Å². The molecule has 2 N–H and O–H groups in total. The zero-order valence-electron chi connectivity index (χ0n) is 13.5. The summed E-state index contributed by atoms with van der Waals surface area (Å²) in [5, 5.41) is 5.63. The predicted octanol–water partition coefficient (Wildman–Crippen LogP) is 2.34. The molecule has 2 amide bonds. The second-order valence-corrected chi connectivity index (χ2v) is 6.56. The van der Waals surface area contributed by atoms with Gasteiger partial charge < -0.3 is 10.6 Å². The quantitative estimate of drug-likeness (QED) is 0.813. The van der Waals surface area contributed by atoms with Crippen LogP contribution in [-0.2, 0) is 9.59 Å². The predicted molar refractivity (Wildman–Crippen MR) is 81.1 cm³/mol. The molecular weight excluding hydrogens is 252 g/mol. The largest absolute Gasteiger partial charge is 0.355 e. The van der Waals surface area contributed by atoms with E-state index in [1.54, 1.807) is 6.92 Å². The molecule has 1 saturated carbocycles. The Morgan fingerprint density at radius 3 is 2.40 bits per heavy atom. The molecule has 0 heterocycles. The maximum absolute atomic E-state index is 12.5. The Morgan fingerprint density at radius 2 is 1.85 bits per heavy atom. The molecule has 0 radical (unpaired) electrons. The lowest BCUT2D eigenvalue weighted by Crippen LogP contribution is -2.49. The van der Waals surface area contributed by atoms with E-state index in [0.29, 0.717) is 24.3 Å². The van der Waals surface area contributed by atoms with Crippen molar-refractivity contribution in [3.8, 4) is 0 Å². The summed E-state index contributed by atoms with van der Waals surface area (Å²) in [6, 6.07) is -0.451. The average Bonchev–Trinajstić information content (AvgIpc) is 2.38. The molecule has 1 rings (SSSR count). The first-order valence-electron chi connectivity index (χ1n) is 7.94. The molecule has 0 unspecified atom stereocenters. The van der Waals surface area contributed by atoms with Crippen molar-refractivity contribution >= 4 is 11.8 Å². The first-order chi connectivity index (χ1) is 9.36. The average molecular weight is 282 g/mol. The fourth-order valence-electron chi connectivity index (χ4n) is 3.22. The van der Waals surface area contributed by atoms with Crippen molar-refractivity contribution in [3.63, 3.8) is 0 Å². The third-order valence-corrected chi connectivity index (χ3v) is 4.46. The second-order valence-electron chi connectivity index (χ2n) is 6.56. The van der Waals surface area contributed by atoms with Crippen LogP contribution in [0.4, 0.5) is 0 Å². The monoisotopic (exact) mass is 282 g/mol. The Morgan fingerprint density at radius 1 is 1.20 bits per heavy atom. The maximum Gasteiger partial charge on any atom is 0.242 e. The van der Waals surface area contributed by atoms with Gasteiger partial charge in [0, 0.05) is 12.5 Å². The van der Waals surface area contributed by atoms with E-state index in [0.717, 1.165) is 12.8 Å². The van der Waals surface area contributed by atoms with Gasteiger partial charge in [-0.1, -0.05) is 27.2 Å². The van der Waals surface area contributed by atoms with E-state index in [1.807, 2.05) is 6.92 Å². The number of hydrogen-bond acceptors (Lipinski definition) is 2. The Bertz CT molecular complexity index is 341. The van der Waals surface area contributed by atoms with Crippen LogP contribution in [0.3, 0.4) is 0 Å².